The molecule has 2 rings (SSSR count). The number of aryl methyl sites for hydroxylation is 1. The Morgan fingerprint density at radius 1 is 1.32 bits per heavy atom. The normalized spacial score (nSPS) is 12.3. The second kappa shape index (κ2) is 4.41. The second-order valence-corrected chi connectivity index (χ2v) is 5.94. The summed E-state index contributed by atoms with van der Waals surface area (Å²) in [6, 6.07) is 6.43. The summed E-state index contributed by atoms with van der Waals surface area (Å²) in [7, 11) is 0. The Balaban J connectivity index is 2.86. The molecule has 1 N–H and O–H groups in total. The van der Waals surface area contributed by atoms with Gasteiger partial charge in [0.1, 0.15) is 0 Å². The zero-order valence-electron chi connectivity index (χ0n) is 12.2. The molecule has 102 valence electrons. The molecule has 0 radical (unpaired) electrons. The highest BCUT2D eigenvalue weighted by atomic mass is 16.4. The fraction of sp³-hybridized carbons (Fsp3) is 0.438. The minimum Gasteiger partial charge on any atom is -0.481 e. The number of aromatic nitrogens is 1. The molecule has 1 aromatic heterocycles. The average molecular weight is 259 g/mol. The van der Waals surface area contributed by atoms with Crippen molar-refractivity contribution < 1.29 is 9.90 Å². The van der Waals surface area contributed by atoms with E-state index in [2.05, 4.69) is 24.5 Å². The molecule has 0 aliphatic carbocycles. The highest BCUT2D eigenvalue weighted by molar-refractivity contribution is 5.94. The Labute approximate surface area is 113 Å². The van der Waals surface area contributed by atoms with E-state index in [-0.39, 0.29) is 0 Å². The standard InChI is InChI=1S/C16H21NO2/c1-10(2)17-9-12(16(4,5)15(18)19)14-11(3)7-6-8-13(14)17/h6-10H,1-5H3,(H,18,19). The Morgan fingerprint density at radius 2 is 1.95 bits per heavy atom. The molecular weight excluding hydrogens is 238 g/mol. The maximum atomic E-state index is 11.5. The van der Waals surface area contributed by atoms with Crippen LogP contribution in [-0.4, -0.2) is 15.6 Å². The van der Waals surface area contributed by atoms with Gasteiger partial charge in [-0.2, -0.15) is 0 Å². The van der Waals surface area contributed by atoms with E-state index in [0.29, 0.717) is 6.04 Å². The van der Waals surface area contributed by atoms with E-state index in [1.807, 2.05) is 25.3 Å². The van der Waals surface area contributed by atoms with E-state index in [9.17, 15) is 9.90 Å². The van der Waals surface area contributed by atoms with Crippen LogP contribution in [0.1, 0.15) is 44.9 Å². The Bertz CT molecular complexity index is 635. The number of carboxylic acid groups (broad SMARTS) is 1. The van der Waals surface area contributed by atoms with Gasteiger partial charge in [0.25, 0.3) is 0 Å². The van der Waals surface area contributed by atoms with Gasteiger partial charge >= 0.3 is 5.97 Å². The molecule has 0 aliphatic rings. The summed E-state index contributed by atoms with van der Waals surface area (Å²) in [4.78, 5) is 11.5. The van der Waals surface area contributed by atoms with Gasteiger partial charge in [0.05, 0.1) is 5.41 Å². The van der Waals surface area contributed by atoms with Crippen molar-refractivity contribution >= 4 is 16.9 Å². The lowest BCUT2D eigenvalue weighted by Gasteiger charge is -2.19. The van der Waals surface area contributed by atoms with Crippen molar-refractivity contribution in [2.45, 2.75) is 46.1 Å². The van der Waals surface area contributed by atoms with Crippen LogP contribution in [0, 0.1) is 6.92 Å². The summed E-state index contributed by atoms with van der Waals surface area (Å²) in [5.74, 6) is -0.793. The van der Waals surface area contributed by atoms with Gasteiger partial charge in [-0.25, -0.2) is 0 Å². The number of hydrogen-bond acceptors (Lipinski definition) is 1. The molecule has 3 heteroatoms. The lowest BCUT2D eigenvalue weighted by molar-refractivity contribution is -0.142. The van der Waals surface area contributed by atoms with E-state index < -0.39 is 11.4 Å². The molecule has 0 fully saturated rings. The number of nitrogens with zero attached hydrogens (tertiary/aromatic N) is 1. The molecule has 3 nitrogen and oxygen atoms in total. The van der Waals surface area contributed by atoms with Crippen LogP contribution in [0.25, 0.3) is 10.9 Å². The smallest absolute Gasteiger partial charge is 0.313 e. The van der Waals surface area contributed by atoms with Crippen LogP contribution in [0.3, 0.4) is 0 Å². The minimum absolute atomic E-state index is 0.308. The highest BCUT2D eigenvalue weighted by Gasteiger charge is 2.33. The van der Waals surface area contributed by atoms with Gasteiger partial charge in [-0.15, -0.1) is 0 Å². The van der Waals surface area contributed by atoms with Gasteiger partial charge in [-0.05, 0) is 51.8 Å². The van der Waals surface area contributed by atoms with E-state index in [4.69, 9.17) is 0 Å². The van der Waals surface area contributed by atoms with Gasteiger partial charge in [0, 0.05) is 23.1 Å². The molecule has 0 aliphatic heterocycles. The quantitative estimate of drug-likeness (QED) is 0.908. The number of rotatable bonds is 3. The third-order valence-electron chi connectivity index (χ3n) is 3.83. The molecule has 0 spiro atoms. The van der Waals surface area contributed by atoms with Crippen molar-refractivity contribution in [3.8, 4) is 0 Å². The van der Waals surface area contributed by atoms with Crippen LogP contribution >= 0.6 is 0 Å². The molecule has 2 aromatic rings. The SMILES string of the molecule is Cc1cccc2c1c(C(C)(C)C(=O)O)cn2C(C)C. The molecule has 0 atom stereocenters. The first kappa shape index (κ1) is 13.7. The summed E-state index contributed by atoms with van der Waals surface area (Å²) in [6.07, 6.45) is 2.00. The first-order valence-corrected chi connectivity index (χ1v) is 6.61. The average Bonchev–Trinajstić information content (AvgIpc) is 2.70. The maximum Gasteiger partial charge on any atom is 0.313 e. The number of carboxylic acids is 1. The topological polar surface area (TPSA) is 42.2 Å². The Hall–Kier alpha value is -1.77. The molecule has 1 aromatic carbocycles. The van der Waals surface area contributed by atoms with E-state index in [0.717, 1.165) is 22.0 Å². The first-order chi connectivity index (χ1) is 8.76. The molecule has 0 saturated heterocycles. The molecule has 19 heavy (non-hydrogen) atoms. The van der Waals surface area contributed by atoms with Gasteiger partial charge in [0.15, 0.2) is 0 Å². The number of aliphatic carboxylic acids is 1. The molecule has 0 unspecified atom stereocenters. The molecule has 0 amide bonds. The molecule has 0 saturated carbocycles. The predicted octanol–water partition coefficient (Wildman–Crippen LogP) is 3.89. The predicted molar refractivity (Wildman–Crippen MR) is 77.7 cm³/mol. The number of hydrogen-bond donors (Lipinski definition) is 1. The zero-order valence-corrected chi connectivity index (χ0v) is 12.2. The van der Waals surface area contributed by atoms with Crippen LogP contribution in [0.5, 0.6) is 0 Å². The summed E-state index contributed by atoms with van der Waals surface area (Å²) in [6.45, 7) is 9.79. The van der Waals surface area contributed by atoms with Crippen LogP contribution in [0.4, 0.5) is 0 Å². The summed E-state index contributed by atoms with van der Waals surface area (Å²) < 4.78 is 2.16. The van der Waals surface area contributed by atoms with Gasteiger partial charge in [0.2, 0.25) is 0 Å². The van der Waals surface area contributed by atoms with Crippen molar-refractivity contribution in [1.29, 1.82) is 0 Å². The van der Waals surface area contributed by atoms with Crippen LogP contribution in [0.2, 0.25) is 0 Å². The third kappa shape index (κ3) is 2.03. The summed E-state index contributed by atoms with van der Waals surface area (Å²) in [5, 5.41) is 10.6. The third-order valence-corrected chi connectivity index (χ3v) is 3.83. The van der Waals surface area contributed by atoms with Crippen LogP contribution < -0.4 is 0 Å². The largest absolute Gasteiger partial charge is 0.481 e. The van der Waals surface area contributed by atoms with Crippen molar-refractivity contribution in [2.24, 2.45) is 0 Å². The summed E-state index contributed by atoms with van der Waals surface area (Å²) >= 11 is 0. The van der Waals surface area contributed by atoms with E-state index in [1.54, 1.807) is 13.8 Å². The van der Waals surface area contributed by atoms with Gasteiger partial charge in [-0.1, -0.05) is 12.1 Å². The maximum absolute atomic E-state index is 11.5. The van der Waals surface area contributed by atoms with Gasteiger partial charge < -0.3 is 9.67 Å². The van der Waals surface area contributed by atoms with E-state index in [1.165, 1.54) is 0 Å². The van der Waals surface area contributed by atoms with Crippen LogP contribution in [0.15, 0.2) is 24.4 Å². The Kier molecular flexibility index (Phi) is 3.17. The van der Waals surface area contributed by atoms with Crippen molar-refractivity contribution in [3.05, 3.63) is 35.5 Å². The molecule has 1 heterocycles. The van der Waals surface area contributed by atoms with Crippen molar-refractivity contribution in [3.63, 3.8) is 0 Å². The fourth-order valence-electron chi connectivity index (χ4n) is 2.51. The zero-order chi connectivity index (χ0) is 14.4. The number of fused-ring (bicyclic) bond motifs is 1. The van der Waals surface area contributed by atoms with E-state index >= 15 is 0 Å². The number of carbonyl (C=O) groups is 1. The number of benzene rings is 1. The fourth-order valence-corrected chi connectivity index (χ4v) is 2.51. The van der Waals surface area contributed by atoms with Crippen molar-refractivity contribution in [1.82, 2.24) is 4.57 Å². The molecular formula is C16H21NO2. The lowest BCUT2D eigenvalue weighted by Crippen LogP contribution is -2.28. The summed E-state index contributed by atoms with van der Waals surface area (Å²) in [5.41, 5.74) is 2.24. The highest BCUT2D eigenvalue weighted by Crippen LogP contribution is 2.35. The molecule has 0 bridgehead atoms. The van der Waals surface area contributed by atoms with Gasteiger partial charge in [-0.3, -0.25) is 4.79 Å². The minimum atomic E-state index is -0.884. The first-order valence-electron chi connectivity index (χ1n) is 6.61. The second-order valence-electron chi connectivity index (χ2n) is 5.94. The van der Waals surface area contributed by atoms with Crippen molar-refractivity contribution in [2.75, 3.05) is 0 Å². The van der Waals surface area contributed by atoms with Crippen LogP contribution in [-0.2, 0) is 10.2 Å². The monoisotopic (exact) mass is 259 g/mol. The lowest BCUT2D eigenvalue weighted by atomic mass is 9.84. The Morgan fingerprint density at radius 3 is 2.47 bits per heavy atom.